The molecule has 124 valence electrons. The monoisotopic (exact) mass is 330 g/mol. The van der Waals surface area contributed by atoms with Crippen LogP contribution in [0.2, 0.25) is 0 Å². The van der Waals surface area contributed by atoms with Gasteiger partial charge in [0.05, 0.1) is 0 Å². The van der Waals surface area contributed by atoms with E-state index in [2.05, 4.69) is 5.32 Å². The SMILES string of the molecule is O=C(Nc1ccc(F)cc1)[C@@H]1CCCN1/C=C/C(=O)C(F)(F)F. The molecule has 0 unspecified atom stereocenters. The summed E-state index contributed by atoms with van der Waals surface area (Å²) < 4.78 is 49.3. The van der Waals surface area contributed by atoms with E-state index in [0.717, 1.165) is 6.20 Å². The Balaban J connectivity index is 2.00. The molecule has 0 radical (unpaired) electrons. The first kappa shape index (κ1) is 17.0. The Bertz CT molecular complexity index is 611. The number of alkyl halides is 3. The molecule has 0 bridgehead atoms. The van der Waals surface area contributed by atoms with Crippen molar-refractivity contribution in [2.75, 3.05) is 11.9 Å². The number of halogens is 4. The van der Waals surface area contributed by atoms with Crippen molar-refractivity contribution < 1.29 is 27.2 Å². The standard InChI is InChI=1S/C15H14F4N2O2/c16-10-3-5-11(6-4-10)20-14(23)12-2-1-8-21(12)9-7-13(22)15(17,18)19/h3-7,9,12H,1-2,8H2,(H,20,23)/b9-7+/t12-/m0/s1. The summed E-state index contributed by atoms with van der Waals surface area (Å²) in [6.07, 6.45) is -2.44. The minimum atomic E-state index is -4.93. The molecular formula is C15H14F4N2O2. The molecule has 23 heavy (non-hydrogen) atoms. The van der Waals surface area contributed by atoms with Gasteiger partial charge < -0.3 is 10.2 Å². The van der Waals surface area contributed by atoms with E-state index in [0.29, 0.717) is 31.1 Å². The van der Waals surface area contributed by atoms with Gasteiger partial charge >= 0.3 is 6.18 Å². The second kappa shape index (κ2) is 6.80. The molecule has 0 saturated carbocycles. The third-order valence-electron chi connectivity index (χ3n) is 3.41. The molecule has 0 spiro atoms. The average Bonchev–Trinajstić information content (AvgIpc) is 2.94. The Labute approximate surface area is 129 Å². The van der Waals surface area contributed by atoms with Gasteiger partial charge in [-0.1, -0.05) is 0 Å². The lowest BCUT2D eigenvalue weighted by Crippen LogP contribution is -2.36. The van der Waals surface area contributed by atoms with Crippen LogP contribution in [0.5, 0.6) is 0 Å². The van der Waals surface area contributed by atoms with Crippen LogP contribution >= 0.6 is 0 Å². The van der Waals surface area contributed by atoms with Crippen LogP contribution in [-0.2, 0) is 9.59 Å². The molecule has 1 aliphatic heterocycles. The Morgan fingerprint density at radius 3 is 2.48 bits per heavy atom. The third kappa shape index (κ3) is 4.54. The molecule has 1 amide bonds. The number of amides is 1. The van der Waals surface area contributed by atoms with Crippen LogP contribution in [0.1, 0.15) is 12.8 Å². The Hall–Kier alpha value is -2.38. The third-order valence-corrected chi connectivity index (χ3v) is 3.41. The van der Waals surface area contributed by atoms with Crippen LogP contribution in [-0.4, -0.2) is 35.4 Å². The number of rotatable bonds is 4. The fraction of sp³-hybridized carbons (Fsp3) is 0.333. The number of carbonyl (C=O) groups excluding carboxylic acids is 2. The maximum Gasteiger partial charge on any atom is 0.454 e. The van der Waals surface area contributed by atoms with Gasteiger partial charge in [0.1, 0.15) is 11.9 Å². The molecule has 1 atom stereocenters. The van der Waals surface area contributed by atoms with Gasteiger partial charge in [0.25, 0.3) is 5.78 Å². The number of anilines is 1. The number of hydrogen-bond donors (Lipinski definition) is 1. The quantitative estimate of drug-likeness (QED) is 0.682. The van der Waals surface area contributed by atoms with Crippen molar-refractivity contribution in [3.8, 4) is 0 Å². The highest BCUT2D eigenvalue weighted by molar-refractivity contribution is 5.96. The van der Waals surface area contributed by atoms with Gasteiger partial charge in [-0.3, -0.25) is 9.59 Å². The lowest BCUT2D eigenvalue weighted by atomic mass is 10.2. The van der Waals surface area contributed by atoms with E-state index >= 15 is 0 Å². The number of nitrogens with zero attached hydrogens (tertiary/aromatic N) is 1. The molecule has 1 aliphatic rings. The maximum absolute atomic E-state index is 12.8. The zero-order valence-electron chi connectivity index (χ0n) is 11.9. The first-order valence-electron chi connectivity index (χ1n) is 6.89. The molecule has 0 aromatic heterocycles. The van der Waals surface area contributed by atoms with E-state index in [4.69, 9.17) is 0 Å². The smallest absolute Gasteiger partial charge is 0.365 e. The number of likely N-dealkylation sites (tertiary alicyclic amines) is 1. The van der Waals surface area contributed by atoms with Gasteiger partial charge in [-0.2, -0.15) is 13.2 Å². The fourth-order valence-corrected chi connectivity index (χ4v) is 2.27. The van der Waals surface area contributed by atoms with Gasteiger partial charge in [-0.15, -0.1) is 0 Å². The summed E-state index contributed by atoms with van der Waals surface area (Å²) in [4.78, 5) is 24.4. The second-order valence-electron chi connectivity index (χ2n) is 5.07. The number of ketones is 1. The average molecular weight is 330 g/mol. The number of nitrogens with one attached hydrogen (secondary N) is 1. The molecule has 1 aromatic carbocycles. The molecule has 1 saturated heterocycles. The van der Waals surface area contributed by atoms with E-state index < -0.39 is 29.7 Å². The highest BCUT2D eigenvalue weighted by Crippen LogP contribution is 2.21. The summed E-state index contributed by atoms with van der Waals surface area (Å²) in [7, 11) is 0. The largest absolute Gasteiger partial charge is 0.454 e. The highest BCUT2D eigenvalue weighted by Gasteiger charge is 2.37. The fourth-order valence-electron chi connectivity index (χ4n) is 2.27. The summed E-state index contributed by atoms with van der Waals surface area (Å²) in [5, 5.41) is 2.57. The van der Waals surface area contributed by atoms with Crippen LogP contribution in [0, 0.1) is 5.82 Å². The van der Waals surface area contributed by atoms with E-state index in [1.165, 1.54) is 29.2 Å². The van der Waals surface area contributed by atoms with Crippen molar-refractivity contribution in [3.05, 3.63) is 42.4 Å². The van der Waals surface area contributed by atoms with Crippen LogP contribution in [0.25, 0.3) is 0 Å². The zero-order valence-corrected chi connectivity index (χ0v) is 11.9. The maximum atomic E-state index is 12.8. The molecule has 1 aromatic rings. The van der Waals surface area contributed by atoms with Crippen molar-refractivity contribution in [1.29, 1.82) is 0 Å². The predicted octanol–water partition coefficient (Wildman–Crippen LogP) is 2.87. The normalized spacial score (nSPS) is 18.4. The van der Waals surface area contributed by atoms with Gasteiger partial charge in [0, 0.05) is 24.5 Å². The molecule has 1 heterocycles. The number of hydrogen-bond acceptors (Lipinski definition) is 3. The van der Waals surface area contributed by atoms with Crippen LogP contribution in [0.15, 0.2) is 36.5 Å². The Morgan fingerprint density at radius 1 is 1.22 bits per heavy atom. The van der Waals surface area contributed by atoms with E-state index in [1.54, 1.807) is 0 Å². The molecule has 8 heteroatoms. The second-order valence-corrected chi connectivity index (χ2v) is 5.07. The van der Waals surface area contributed by atoms with Crippen molar-refractivity contribution in [2.24, 2.45) is 0 Å². The predicted molar refractivity (Wildman–Crippen MR) is 75.0 cm³/mol. The van der Waals surface area contributed by atoms with Crippen molar-refractivity contribution >= 4 is 17.4 Å². The molecular weight excluding hydrogens is 316 g/mol. The summed E-state index contributed by atoms with van der Waals surface area (Å²) in [5.74, 6) is -2.83. The van der Waals surface area contributed by atoms with Gasteiger partial charge in [0.15, 0.2) is 0 Å². The topological polar surface area (TPSA) is 49.4 Å². The minimum Gasteiger partial charge on any atom is -0.365 e. The summed E-state index contributed by atoms with van der Waals surface area (Å²) in [6, 6.07) is 4.47. The van der Waals surface area contributed by atoms with Crippen LogP contribution in [0.3, 0.4) is 0 Å². The first-order chi connectivity index (χ1) is 10.8. The van der Waals surface area contributed by atoms with Gasteiger partial charge in [0.2, 0.25) is 5.91 Å². The summed E-state index contributed by atoms with van der Waals surface area (Å²) in [6.45, 7) is 0.378. The van der Waals surface area contributed by atoms with Crippen molar-refractivity contribution in [2.45, 2.75) is 25.1 Å². The summed E-state index contributed by atoms with van der Waals surface area (Å²) in [5.41, 5.74) is 0.388. The van der Waals surface area contributed by atoms with Crippen LogP contribution in [0.4, 0.5) is 23.2 Å². The lowest BCUT2D eigenvalue weighted by molar-refractivity contribution is -0.165. The minimum absolute atomic E-state index is 0.378. The molecule has 1 N–H and O–H groups in total. The van der Waals surface area contributed by atoms with Gasteiger partial charge in [-0.25, -0.2) is 4.39 Å². The van der Waals surface area contributed by atoms with E-state index in [9.17, 15) is 27.2 Å². The van der Waals surface area contributed by atoms with Crippen molar-refractivity contribution in [1.82, 2.24) is 4.90 Å². The number of carbonyl (C=O) groups is 2. The Kier molecular flexibility index (Phi) is 5.02. The number of benzene rings is 1. The van der Waals surface area contributed by atoms with Crippen LogP contribution < -0.4 is 5.32 Å². The van der Waals surface area contributed by atoms with Gasteiger partial charge in [-0.05, 0) is 37.1 Å². The molecule has 1 fully saturated rings. The Morgan fingerprint density at radius 2 is 1.87 bits per heavy atom. The van der Waals surface area contributed by atoms with Crippen molar-refractivity contribution in [3.63, 3.8) is 0 Å². The zero-order chi connectivity index (χ0) is 17.0. The van der Waals surface area contributed by atoms with E-state index in [-0.39, 0.29) is 0 Å². The summed E-state index contributed by atoms with van der Waals surface area (Å²) >= 11 is 0. The first-order valence-corrected chi connectivity index (χ1v) is 6.89. The lowest BCUT2D eigenvalue weighted by Gasteiger charge is -2.22. The molecule has 0 aliphatic carbocycles. The molecule has 4 nitrogen and oxygen atoms in total. The molecule has 2 rings (SSSR count). The number of allylic oxidation sites excluding steroid dienone is 1. The highest BCUT2D eigenvalue weighted by atomic mass is 19.4. The van der Waals surface area contributed by atoms with E-state index in [1.807, 2.05) is 0 Å².